The summed E-state index contributed by atoms with van der Waals surface area (Å²) in [6, 6.07) is 2.40. The zero-order valence-electron chi connectivity index (χ0n) is 10.6. The second-order valence-corrected chi connectivity index (χ2v) is 7.86. The van der Waals surface area contributed by atoms with Gasteiger partial charge in [-0.05, 0) is 19.1 Å². The summed E-state index contributed by atoms with van der Waals surface area (Å²) < 4.78 is 28.1. The molecular formula is C11H12BrCl2NO4S. The van der Waals surface area contributed by atoms with Gasteiger partial charge in [-0.15, -0.1) is 0 Å². The fraction of sp³-hybridized carbons (Fsp3) is 0.364. The van der Waals surface area contributed by atoms with Crippen LogP contribution in [0.25, 0.3) is 0 Å². The molecule has 0 bridgehead atoms. The maximum Gasteiger partial charge on any atom is 0.262 e. The van der Waals surface area contributed by atoms with E-state index >= 15 is 0 Å². The molecule has 0 saturated carbocycles. The molecule has 5 nitrogen and oxygen atoms in total. The van der Waals surface area contributed by atoms with E-state index in [1.807, 2.05) is 0 Å². The molecule has 1 rings (SSSR count). The topological polar surface area (TPSA) is 72.5 Å². The summed E-state index contributed by atoms with van der Waals surface area (Å²) in [7, 11) is 2.74. The number of carbonyl (C=O) groups is 1. The highest BCUT2D eigenvalue weighted by Crippen LogP contribution is 2.31. The van der Waals surface area contributed by atoms with Crippen LogP contribution in [0.15, 0.2) is 21.5 Å². The summed E-state index contributed by atoms with van der Waals surface area (Å²) in [5.74, 6) is -0.512. The van der Waals surface area contributed by atoms with E-state index in [4.69, 9.17) is 27.0 Å². The zero-order chi connectivity index (χ0) is 15.5. The lowest BCUT2D eigenvalue weighted by Crippen LogP contribution is -2.35. The molecule has 0 aliphatic rings. The van der Waals surface area contributed by atoms with Crippen molar-refractivity contribution in [2.24, 2.45) is 0 Å². The number of methoxy groups -OCH3 is 1. The molecule has 9 heteroatoms. The average molecular weight is 405 g/mol. The van der Waals surface area contributed by atoms with E-state index in [2.05, 4.69) is 21.2 Å². The summed E-state index contributed by atoms with van der Waals surface area (Å²) in [6.45, 7) is 2.06. The number of ether oxygens (including phenoxy) is 1. The highest BCUT2D eigenvalue weighted by molar-refractivity contribution is 9.10. The minimum absolute atomic E-state index is 0.0169. The van der Waals surface area contributed by atoms with Crippen LogP contribution in [0.4, 0.5) is 0 Å². The van der Waals surface area contributed by atoms with Crippen molar-refractivity contribution in [2.75, 3.05) is 13.7 Å². The molecule has 0 heterocycles. The predicted octanol–water partition coefficient (Wildman–Crippen LogP) is 2.79. The standard InChI is InChI=1S/C11H12BrCl2NO4S/c1-6(5-19-2)15-11(16)8-3-7(12)4-9(10(8)13)20(14,17)18/h3-4,6H,5H2,1-2H3,(H,15,16). The van der Waals surface area contributed by atoms with Gasteiger partial charge in [0.05, 0.1) is 17.2 Å². The lowest BCUT2D eigenvalue weighted by atomic mass is 10.2. The fourth-order valence-corrected chi connectivity index (χ4v) is 3.68. The predicted molar refractivity (Wildman–Crippen MR) is 81.0 cm³/mol. The van der Waals surface area contributed by atoms with Crippen molar-refractivity contribution < 1.29 is 17.9 Å². The number of nitrogens with one attached hydrogen (secondary N) is 1. The van der Waals surface area contributed by atoms with Gasteiger partial charge in [-0.1, -0.05) is 27.5 Å². The average Bonchev–Trinajstić information content (AvgIpc) is 2.30. The molecule has 0 aromatic heterocycles. The molecule has 1 unspecified atom stereocenters. The van der Waals surface area contributed by atoms with Crippen molar-refractivity contribution in [2.45, 2.75) is 17.9 Å². The normalized spacial score (nSPS) is 13.1. The molecular weight excluding hydrogens is 393 g/mol. The van der Waals surface area contributed by atoms with Crippen LogP contribution in [0.2, 0.25) is 5.02 Å². The van der Waals surface area contributed by atoms with Crippen LogP contribution in [0, 0.1) is 0 Å². The lowest BCUT2D eigenvalue weighted by Gasteiger charge is -2.14. The van der Waals surface area contributed by atoms with E-state index in [0.717, 1.165) is 0 Å². The molecule has 1 aromatic carbocycles. The number of rotatable bonds is 5. The number of carbonyl (C=O) groups excluding carboxylic acids is 1. The summed E-state index contributed by atoms with van der Waals surface area (Å²) in [5, 5.41) is 2.42. The maximum atomic E-state index is 12.1. The van der Waals surface area contributed by atoms with Crippen molar-refractivity contribution in [3.05, 3.63) is 27.2 Å². The Morgan fingerprint density at radius 1 is 1.50 bits per heavy atom. The highest BCUT2D eigenvalue weighted by Gasteiger charge is 2.22. The first-order valence-electron chi connectivity index (χ1n) is 5.40. The Balaban J connectivity index is 3.19. The molecule has 1 atom stereocenters. The number of hydrogen-bond donors (Lipinski definition) is 1. The van der Waals surface area contributed by atoms with Gasteiger partial charge in [0.15, 0.2) is 0 Å². The quantitative estimate of drug-likeness (QED) is 0.765. The van der Waals surface area contributed by atoms with Crippen molar-refractivity contribution in [3.8, 4) is 0 Å². The Hall–Kier alpha value is -0.340. The zero-order valence-corrected chi connectivity index (χ0v) is 14.5. The maximum absolute atomic E-state index is 12.1. The molecule has 112 valence electrons. The van der Waals surface area contributed by atoms with Gasteiger partial charge in [-0.3, -0.25) is 4.79 Å². The van der Waals surface area contributed by atoms with E-state index < -0.39 is 15.0 Å². The van der Waals surface area contributed by atoms with Crippen molar-refractivity contribution >= 4 is 53.2 Å². The van der Waals surface area contributed by atoms with Gasteiger partial charge in [0.1, 0.15) is 4.90 Å². The van der Waals surface area contributed by atoms with Gasteiger partial charge in [0.2, 0.25) is 0 Å². The molecule has 0 aliphatic carbocycles. The molecule has 0 fully saturated rings. The molecule has 0 spiro atoms. The number of amides is 1. The van der Waals surface area contributed by atoms with Crippen LogP contribution in [0.5, 0.6) is 0 Å². The number of benzene rings is 1. The molecule has 1 aromatic rings. The molecule has 0 saturated heterocycles. The second kappa shape index (κ2) is 7.09. The van der Waals surface area contributed by atoms with E-state index in [1.165, 1.54) is 19.2 Å². The van der Waals surface area contributed by atoms with Gasteiger partial charge >= 0.3 is 0 Å². The minimum atomic E-state index is -4.05. The smallest absolute Gasteiger partial charge is 0.262 e. The third-order valence-corrected chi connectivity index (χ3v) is 4.63. The molecule has 1 amide bonds. The van der Waals surface area contributed by atoms with Crippen LogP contribution >= 0.6 is 38.2 Å². The first kappa shape index (κ1) is 17.7. The lowest BCUT2D eigenvalue weighted by molar-refractivity contribution is 0.0905. The first-order valence-corrected chi connectivity index (χ1v) is 8.88. The second-order valence-electron chi connectivity index (χ2n) is 4.03. The Bertz CT molecular complexity index is 621. The summed E-state index contributed by atoms with van der Waals surface area (Å²) >= 11 is 9.06. The largest absolute Gasteiger partial charge is 0.383 e. The van der Waals surface area contributed by atoms with Crippen LogP contribution in [0.1, 0.15) is 17.3 Å². The van der Waals surface area contributed by atoms with Gasteiger partial charge in [-0.25, -0.2) is 8.42 Å². The third-order valence-electron chi connectivity index (χ3n) is 2.31. The summed E-state index contributed by atoms with van der Waals surface area (Å²) in [5.41, 5.74) is 0.0169. The van der Waals surface area contributed by atoms with Crippen LogP contribution in [-0.4, -0.2) is 34.1 Å². The van der Waals surface area contributed by atoms with Crippen LogP contribution in [0.3, 0.4) is 0 Å². The Morgan fingerprint density at radius 3 is 2.60 bits per heavy atom. The van der Waals surface area contributed by atoms with Crippen molar-refractivity contribution in [1.29, 1.82) is 0 Å². The van der Waals surface area contributed by atoms with E-state index in [9.17, 15) is 13.2 Å². The molecule has 0 aliphatic heterocycles. The van der Waals surface area contributed by atoms with Gasteiger partial charge in [0.25, 0.3) is 15.0 Å². The van der Waals surface area contributed by atoms with E-state index in [-0.39, 0.29) is 21.5 Å². The molecule has 0 radical (unpaired) electrons. The van der Waals surface area contributed by atoms with E-state index in [0.29, 0.717) is 11.1 Å². The van der Waals surface area contributed by atoms with Crippen LogP contribution in [-0.2, 0) is 13.8 Å². The molecule has 20 heavy (non-hydrogen) atoms. The molecule has 1 N–H and O–H groups in total. The van der Waals surface area contributed by atoms with Gasteiger partial charge in [0, 0.05) is 28.3 Å². The Morgan fingerprint density at radius 2 is 2.10 bits per heavy atom. The van der Waals surface area contributed by atoms with Crippen molar-refractivity contribution in [3.63, 3.8) is 0 Å². The van der Waals surface area contributed by atoms with Gasteiger partial charge < -0.3 is 10.1 Å². The SMILES string of the molecule is COCC(C)NC(=O)c1cc(Br)cc(S(=O)(=O)Cl)c1Cl. The first-order chi connectivity index (χ1) is 9.16. The minimum Gasteiger partial charge on any atom is -0.383 e. The number of halogens is 3. The van der Waals surface area contributed by atoms with Gasteiger partial charge in [-0.2, -0.15) is 0 Å². The Kier molecular flexibility index (Phi) is 6.27. The third kappa shape index (κ3) is 4.60. The fourth-order valence-electron chi connectivity index (χ4n) is 1.50. The number of hydrogen-bond acceptors (Lipinski definition) is 4. The van der Waals surface area contributed by atoms with Crippen LogP contribution < -0.4 is 5.32 Å². The summed E-state index contributed by atoms with van der Waals surface area (Å²) in [4.78, 5) is 11.8. The monoisotopic (exact) mass is 403 g/mol. The highest BCUT2D eigenvalue weighted by atomic mass is 79.9. The summed E-state index contributed by atoms with van der Waals surface area (Å²) in [6.07, 6.45) is 0. The Labute approximate surface area is 135 Å². The van der Waals surface area contributed by atoms with Crippen molar-refractivity contribution in [1.82, 2.24) is 5.32 Å². The van der Waals surface area contributed by atoms with E-state index in [1.54, 1.807) is 6.92 Å².